The average molecular weight is 352 g/mol. The lowest BCUT2D eigenvalue weighted by molar-refractivity contribution is 0.475. The van der Waals surface area contributed by atoms with E-state index in [1.807, 2.05) is 48.5 Å². The summed E-state index contributed by atoms with van der Waals surface area (Å²) in [6.07, 6.45) is 1.60. The maximum absolute atomic E-state index is 10.1. The Labute approximate surface area is 150 Å². The van der Waals surface area contributed by atoms with Crippen LogP contribution in [0.15, 0.2) is 71.8 Å². The first-order chi connectivity index (χ1) is 11.7. The van der Waals surface area contributed by atoms with Gasteiger partial charge in [0, 0.05) is 11.3 Å². The summed E-state index contributed by atoms with van der Waals surface area (Å²) in [4.78, 5) is 0. The Hall–Kier alpha value is -2.37. The maximum Gasteiger partial charge on any atom is 0.154 e. The Morgan fingerprint density at radius 3 is 2.62 bits per heavy atom. The first-order valence-electron chi connectivity index (χ1n) is 7.44. The summed E-state index contributed by atoms with van der Waals surface area (Å²) in [5, 5.41) is 16.2. The number of benzene rings is 3. The number of aromatic hydroxyl groups is 1. The minimum absolute atomic E-state index is 0.196. The largest absolute Gasteiger partial charge is 0.507 e. The van der Waals surface area contributed by atoms with Crippen molar-refractivity contribution >= 4 is 45.3 Å². The number of phenolic OH excluding ortho intramolecular Hbond substituents is 1. The molecule has 5 heteroatoms. The molecule has 120 valence electrons. The molecule has 0 unspecified atom stereocenters. The van der Waals surface area contributed by atoms with E-state index in [4.69, 9.17) is 12.2 Å². The molecule has 3 rings (SSSR count). The molecule has 0 amide bonds. The van der Waals surface area contributed by atoms with E-state index in [0.717, 1.165) is 16.5 Å². The minimum atomic E-state index is 0.196. The lowest BCUT2D eigenvalue weighted by Crippen LogP contribution is -2.11. The highest BCUT2D eigenvalue weighted by Gasteiger charge is 2.04. The summed E-state index contributed by atoms with van der Waals surface area (Å²) in [5.41, 5.74) is 4.73. The molecule has 24 heavy (non-hydrogen) atoms. The second-order valence-corrected chi connectivity index (χ2v) is 6.80. The zero-order chi connectivity index (χ0) is 16.8. The van der Waals surface area contributed by atoms with E-state index in [0.29, 0.717) is 9.88 Å². The molecule has 0 heterocycles. The number of nitrogens with zero attached hydrogens (tertiary/aromatic N) is 1. The van der Waals surface area contributed by atoms with Gasteiger partial charge in [0.25, 0.3) is 0 Å². The van der Waals surface area contributed by atoms with E-state index in [2.05, 4.69) is 22.7 Å². The van der Waals surface area contributed by atoms with Crippen LogP contribution in [-0.2, 0) is 5.75 Å². The number of hydrogen-bond acceptors (Lipinski definition) is 4. The number of fused-ring (bicyclic) bond motifs is 1. The molecule has 0 saturated carbocycles. The highest BCUT2D eigenvalue weighted by molar-refractivity contribution is 8.22. The summed E-state index contributed by atoms with van der Waals surface area (Å²) < 4.78 is 0.592. The molecular formula is C19H16N2OS2. The summed E-state index contributed by atoms with van der Waals surface area (Å²) in [7, 11) is 0. The van der Waals surface area contributed by atoms with Crippen LogP contribution in [0.25, 0.3) is 10.8 Å². The predicted molar refractivity (Wildman–Crippen MR) is 107 cm³/mol. The third-order valence-electron chi connectivity index (χ3n) is 3.51. The second kappa shape index (κ2) is 7.95. The number of phenols is 1. The average Bonchev–Trinajstić information content (AvgIpc) is 2.63. The standard InChI is InChI=1S/C19H16N2OS2/c22-18-11-10-15-8-4-5-9-16(15)17(18)12-20-21-19(23)24-13-14-6-2-1-3-7-14/h1-12,22H,13H2,(H,21,23)/b20-12+. The van der Waals surface area contributed by atoms with Gasteiger partial charge in [0.2, 0.25) is 0 Å². The molecule has 0 aliphatic carbocycles. The highest BCUT2D eigenvalue weighted by Crippen LogP contribution is 2.25. The van der Waals surface area contributed by atoms with Gasteiger partial charge in [-0.25, -0.2) is 0 Å². The van der Waals surface area contributed by atoms with Crippen LogP contribution in [0.3, 0.4) is 0 Å². The lowest BCUT2D eigenvalue weighted by atomic mass is 10.0. The fraction of sp³-hybridized carbons (Fsp3) is 0.0526. The van der Waals surface area contributed by atoms with Gasteiger partial charge in [-0.05, 0) is 22.4 Å². The van der Waals surface area contributed by atoms with E-state index in [-0.39, 0.29) is 5.75 Å². The molecule has 0 radical (unpaired) electrons. The smallest absolute Gasteiger partial charge is 0.154 e. The molecular weight excluding hydrogens is 336 g/mol. The third kappa shape index (κ3) is 4.13. The predicted octanol–water partition coefficient (Wildman–Crippen LogP) is 4.69. The van der Waals surface area contributed by atoms with Crippen molar-refractivity contribution in [3.8, 4) is 5.75 Å². The van der Waals surface area contributed by atoms with Gasteiger partial charge in [-0.15, -0.1) is 0 Å². The first-order valence-corrected chi connectivity index (χ1v) is 8.84. The van der Waals surface area contributed by atoms with Crippen molar-refractivity contribution in [3.05, 3.63) is 77.9 Å². The highest BCUT2D eigenvalue weighted by atomic mass is 32.2. The molecule has 0 aliphatic rings. The number of nitrogens with one attached hydrogen (secondary N) is 1. The van der Waals surface area contributed by atoms with Crippen LogP contribution < -0.4 is 5.43 Å². The maximum atomic E-state index is 10.1. The molecule has 0 fully saturated rings. The number of thioether (sulfide) groups is 1. The van der Waals surface area contributed by atoms with E-state index in [9.17, 15) is 5.11 Å². The molecule has 0 atom stereocenters. The Morgan fingerprint density at radius 1 is 1.04 bits per heavy atom. The van der Waals surface area contributed by atoms with Crippen LogP contribution >= 0.6 is 24.0 Å². The van der Waals surface area contributed by atoms with Gasteiger partial charge in [0.05, 0.1) is 6.21 Å². The van der Waals surface area contributed by atoms with Crippen LogP contribution in [0, 0.1) is 0 Å². The lowest BCUT2D eigenvalue weighted by Gasteiger charge is -2.05. The van der Waals surface area contributed by atoms with E-state index < -0.39 is 0 Å². The molecule has 0 spiro atoms. The molecule has 0 bridgehead atoms. The van der Waals surface area contributed by atoms with Gasteiger partial charge >= 0.3 is 0 Å². The SMILES string of the molecule is Oc1ccc2ccccc2c1/C=N/NC(=S)SCc1ccccc1. The quantitative estimate of drug-likeness (QED) is 0.406. The molecule has 2 N–H and O–H groups in total. The fourth-order valence-electron chi connectivity index (χ4n) is 2.32. The molecule has 0 aromatic heterocycles. The Morgan fingerprint density at radius 2 is 1.79 bits per heavy atom. The molecule has 3 aromatic rings. The summed E-state index contributed by atoms with van der Waals surface area (Å²) in [5.74, 6) is 0.990. The summed E-state index contributed by atoms with van der Waals surface area (Å²) in [6, 6.07) is 21.6. The van der Waals surface area contributed by atoms with Crippen molar-refractivity contribution in [3.63, 3.8) is 0 Å². The van der Waals surface area contributed by atoms with Crippen molar-refractivity contribution in [2.75, 3.05) is 0 Å². The Kier molecular flexibility index (Phi) is 5.46. The minimum Gasteiger partial charge on any atom is -0.507 e. The number of hydrazone groups is 1. The van der Waals surface area contributed by atoms with Crippen LogP contribution in [0.1, 0.15) is 11.1 Å². The van der Waals surface area contributed by atoms with Crippen LogP contribution in [0.2, 0.25) is 0 Å². The van der Waals surface area contributed by atoms with Crippen molar-refractivity contribution in [1.29, 1.82) is 0 Å². The Balaban J connectivity index is 1.64. The van der Waals surface area contributed by atoms with Crippen LogP contribution in [0.4, 0.5) is 0 Å². The normalized spacial score (nSPS) is 11.0. The second-order valence-electron chi connectivity index (χ2n) is 5.15. The van der Waals surface area contributed by atoms with Gasteiger partial charge in [-0.2, -0.15) is 5.10 Å². The zero-order valence-corrected chi connectivity index (χ0v) is 14.5. The zero-order valence-electron chi connectivity index (χ0n) is 12.8. The van der Waals surface area contributed by atoms with Crippen molar-refractivity contribution < 1.29 is 5.11 Å². The number of hydrogen-bond donors (Lipinski definition) is 2. The third-order valence-corrected chi connectivity index (χ3v) is 4.79. The summed E-state index contributed by atoms with van der Waals surface area (Å²) in [6.45, 7) is 0. The molecule has 0 saturated heterocycles. The molecule has 3 nitrogen and oxygen atoms in total. The van der Waals surface area contributed by atoms with Gasteiger partial charge in [-0.1, -0.05) is 84.6 Å². The van der Waals surface area contributed by atoms with E-state index in [1.54, 1.807) is 12.3 Å². The fourth-order valence-corrected chi connectivity index (χ4v) is 3.16. The first kappa shape index (κ1) is 16.5. The van der Waals surface area contributed by atoms with Gasteiger partial charge in [0.15, 0.2) is 4.32 Å². The van der Waals surface area contributed by atoms with Gasteiger partial charge in [-0.3, -0.25) is 5.43 Å². The van der Waals surface area contributed by atoms with Crippen molar-refractivity contribution in [2.24, 2.45) is 5.10 Å². The van der Waals surface area contributed by atoms with Gasteiger partial charge in [0.1, 0.15) is 5.75 Å². The monoisotopic (exact) mass is 352 g/mol. The summed E-state index contributed by atoms with van der Waals surface area (Å²) >= 11 is 6.79. The van der Waals surface area contributed by atoms with Crippen LogP contribution in [0.5, 0.6) is 5.75 Å². The Bertz CT molecular complexity index is 879. The van der Waals surface area contributed by atoms with E-state index in [1.165, 1.54) is 17.3 Å². The van der Waals surface area contributed by atoms with Crippen molar-refractivity contribution in [1.82, 2.24) is 5.43 Å². The topological polar surface area (TPSA) is 44.6 Å². The number of rotatable bonds is 4. The van der Waals surface area contributed by atoms with Crippen LogP contribution in [-0.4, -0.2) is 15.6 Å². The van der Waals surface area contributed by atoms with Gasteiger partial charge < -0.3 is 5.11 Å². The molecule has 3 aromatic carbocycles. The number of thiocarbonyl (C=S) groups is 1. The van der Waals surface area contributed by atoms with Crippen molar-refractivity contribution in [2.45, 2.75) is 5.75 Å². The van der Waals surface area contributed by atoms with E-state index >= 15 is 0 Å². The molecule has 0 aliphatic heterocycles.